The van der Waals surface area contributed by atoms with Gasteiger partial charge in [0.15, 0.2) is 0 Å². The minimum Gasteiger partial charge on any atom is -0.488 e. The lowest BCUT2D eigenvalue weighted by atomic mass is 10.1. The molecule has 2 N–H and O–H groups in total. The number of nitrogens with one attached hydrogen (secondary N) is 2. The predicted molar refractivity (Wildman–Crippen MR) is 97.4 cm³/mol. The van der Waals surface area contributed by atoms with E-state index in [1.54, 1.807) is 6.07 Å². The average molecular weight is 366 g/mol. The summed E-state index contributed by atoms with van der Waals surface area (Å²) >= 11 is 0. The van der Waals surface area contributed by atoms with Crippen LogP contribution in [0.1, 0.15) is 40.2 Å². The van der Waals surface area contributed by atoms with Gasteiger partial charge in [-0.05, 0) is 45.4 Å². The lowest BCUT2D eigenvalue weighted by Gasteiger charge is -2.24. The molecule has 6 nitrogen and oxygen atoms in total. The number of para-hydroxylation sites is 1. The Hall–Kier alpha value is -2.05. The fourth-order valence-corrected chi connectivity index (χ4v) is 2.88. The number of halogens is 1. The summed E-state index contributed by atoms with van der Waals surface area (Å²) in [7, 11) is 0. The third kappa shape index (κ3) is 4.74. The third-order valence-corrected chi connectivity index (χ3v) is 4.32. The molecular weight excluding hydrogens is 342 g/mol. The van der Waals surface area contributed by atoms with Crippen LogP contribution in [-0.2, 0) is 6.61 Å². The van der Waals surface area contributed by atoms with Crippen LogP contribution in [0.15, 0.2) is 28.8 Å². The molecule has 0 radical (unpaired) electrons. The van der Waals surface area contributed by atoms with E-state index >= 15 is 0 Å². The Morgan fingerprint density at radius 1 is 1.40 bits per heavy atom. The van der Waals surface area contributed by atoms with Crippen molar-refractivity contribution in [3.63, 3.8) is 0 Å². The molecule has 0 spiro atoms. The molecule has 1 amide bonds. The van der Waals surface area contributed by atoms with Crippen LogP contribution in [0.4, 0.5) is 0 Å². The molecule has 2 heterocycles. The first kappa shape index (κ1) is 19.3. The van der Waals surface area contributed by atoms with E-state index in [9.17, 15) is 4.79 Å². The van der Waals surface area contributed by atoms with Crippen molar-refractivity contribution in [2.24, 2.45) is 0 Å². The van der Waals surface area contributed by atoms with Crippen LogP contribution in [0.25, 0.3) is 0 Å². The number of nitrogens with zero attached hydrogens (tertiary/aromatic N) is 1. The summed E-state index contributed by atoms with van der Waals surface area (Å²) < 4.78 is 11.0. The number of ether oxygens (including phenoxy) is 1. The summed E-state index contributed by atoms with van der Waals surface area (Å²) in [6, 6.07) is 7.47. The van der Waals surface area contributed by atoms with Gasteiger partial charge in [-0.25, -0.2) is 0 Å². The Kier molecular flexibility index (Phi) is 6.84. The number of piperidine rings is 1. The Morgan fingerprint density at radius 3 is 2.88 bits per heavy atom. The second-order valence-corrected chi connectivity index (χ2v) is 6.10. The highest BCUT2D eigenvalue weighted by atomic mass is 35.5. The molecule has 1 aliphatic heterocycles. The van der Waals surface area contributed by atoms with Crippen LogP contribution in [-0.4, -0.2) is 30.2 Å². The Bertz CT molecular complexity index is 692. The fourth-order valence-electron chi connectivity index (χ4n) is 2.88. The number of aromatic nitrogens is 1. The minimum absolute atomic E-state index is 0. The van der Waals surface area contributed by atoms with Crippen LogP contribution < -0.4 is 15.4 Å². The summed E-state index contributed by atoms with van der Waals surface area (Å²) in [5.41, 5.74) is 2.28. The quantitative estimate of drug-likeness (QED) is 0.852. The molecular formula is C18H24ClN3O3. The van der Waals surface area contributed by atoms with Gasteiger partial charge in [-0.2, -0.15) is 0 Å². The molecule has 1 fully saturated rings. The molecule has 0 bridgehead atoms. The first-order valence-electron chi connectivity index (χ1n) is 8.30. The molecule has 1 saturated heterocycles. The van der Waals surface area contributed by atoms with Crippen LogP contribution in [0.3, 0.4) is 0 Å². The van der Waals surface area contributed by atoms with Gasteiger partial charge in [0.2, 0.25) is 0 Å². The Morgan fingerprint density at radius 2 is 2.20 bits per heavy atom. The van der Waals surface area contributed by atoms with Gasteiger partial charge >= 0.3 is 0 Å². The highest BCUT2D eigenvalue weighted by Crippen LogP contribution is 2.21. The average Bonchev–Trinajstić information content (AvgIpc) is 2.92. The molecule has 1 aromatic carbocycles. The molecule has 1 aliphatic rings. The molecule has 136 valence electrons. The van der Waals surface area contributed by atoms with Crippen LogP contribution in [0, 0.1) is 13.8 Å². The van der Waals surface area contributed by atoms with Crippen molar-refractivity contribution in [3.8, 4) is 5.75 Å². The van der Waals surface area contributed by atoms with Crippen molar-refractivity contribution in [3.05, 3.63) is 46.8 Å². The SMILES string of the molecule is Cc1noc(C)c1COc1ccccc1C(=O)N[C@H]1CCCNC1.Cl. The minimum atomic E-state index is -0.0990. The maximum atomic E-state index is 12.6. The highest BCUT2D eigenvalue weighted by molar-refractivity contribution is 5.97. The van der Waals surface area contributed by atoms with Gasteiger partial charge in [0.1, 0.15) is 18.1 Å². The highest BCUT2D eigenvalue weighted by Gasteiger charge is 2.19. The maximum absolute atomic E-state index is 12.6. The second-order valence-electron chi connectivity index (χ2n) is 6.10. The summed E-state index contributed by atoms with van der Waals surface area (Å²) in [6.45, 7) is 5.89. The van der Waals surface area contributed by atoms with Gasteiger partial charge in [-0.15, -0.1) is 12.4 Å². The zero-order valence-electron chi connectivity index (χ0n) is 14.5. The van der Waals surface area contributed by atoms with Crippen LogP contribution in [0.2, 0.25) is 0 Å². The lowest BCUT2D eigenvalue weighted by molar-refractivity contribution is 0.0926. The topological polar surface area (TPSA) is 76.4 Å². The number of hydrogen-bond donors (Lipinski definition) is 2. The number of rotatable bonds is 5. The van der Waals surface area contributed by atoms with E-state index in [0.717, 1.165) is 42.9 Å². The van der Waals surface area contributed by atoms with Crippen molar-refractivity contribution < 1.29 is 14.1 Å². The standard InChI is InChI=1S/C18H23N3O3.ClH/c1-12-16(13(2)24-21-12)11-23-17-8-4-3-7-15(17)18(22)20-14-6-5-9-19-10-14;/h3-4,7-8,14,19H,5-6,9-11H2,1-2H3,(H,20,22);1H/t14-;/m0./s1. The molecule has 0 aliphatic carbocycles. The van der Waals surface area contributed by atoms with Gasteiger partial charge < -0.3 is 19.9 Å². The second kappa shape index (κ2) is 8.87. The molecule has 1 aromatic heterocycles. The van der Waals surface area contributed by atoms with E-state index in [2.05, 4.69) is 15.8 Å². The van der Waals surface area contributed by atoms with E-state index < -0.39 is 0 Å². The Balaban J connectivity index is 0.00000225. The number of amides is 1. The summed E-state index contributed by atoms with van der Waals surface area (Å²) in [5, 5.41) is 10.3. The zero-order valence-corrected chi connectivity index (χ0v) is 15.3. The van der Waals surface area contributed by atoms with Crippen LogP contribution in [0.5, 0.6) is 5.75 Å². The number of benzene rings is 1. The maximum Gasteiger partial charge on any atom is 0.255 e. The summed E-state index contributed by atoms with van der Waals surface area (Å²) in [5.74, 6) is 1.21. The van der Waals surface area contributed by atoms with Crippen molar-refractivity contribution in [1.82, 2.24) is 15.8 Å². The number of carbonyl (C=O) groups is 1. The van der Waals surface area contributed by atoms with Crippen molar-refractivity contribution in [2.75, 3.05) is 13.1 Å². The molecule has 2 aromatic rings. The first-order chi connectivity index (χ1) is 11.6. The van der Waals surface area contributed by atoms with Gasteiger partial charge in [-0.1, -0.05) is 17.3 Å². The Labute approximate surface area is 153 Å². The predicted octanol–water partition coefficient (Wildman–Crippen LogP) is 2.77. The normalized spacial score (nSPS) is 16.8. The van der Waals surface area contributed by atoms with Crippen molar-refractivity contribution in [1.29, 1.82) is 0 Å². The molecule has 25 heavy (non-hydrogen) atoms. The van der Waals surface area contributed by atoms with E-state index in [-0.39, 0.29) is 24.4 Å². The largest absolute Gasteiger partial charge is 0.488 e. The monoisotopic (exact) mass is 365 g/mol. The molecule has 7 heteroatoms. The van der Waals surface area contributed by atoms with Crippen molar-refractivity contribution >= 4 is 18.3 Å². The number of hydrogen-bond acceptors (Lipinski definition) is 5. The molecule has 3 rings (SSSR count). The van der Waals surface area contributed by atoms with E-state index in [1.165, 1.54) is 0 Å². The van der Waals surface area contributed by atoms with Gasteiger partial charge in [-0.3, -0.25) is 4.79 Å². The fraction of sp³-hybridized carbons (Fsp3) is 0.444. The van der Waals surface area contributed by atoms with E-state index in [1.807, 2.05) is 32.0 Å². The van der Waals surface area contributed by atoms with Crippen LogP contribution >= 0.6 is 12.4 Å². The molecule has 1 atom stereocenters. The van der Waals surface area contributed by atoms with E-state index in [0.29, 0.717) is 17.9 Å². The van der Waals surface area contributed by atoms with Gasteiger partial charge in [0, 0.05) is 12.6 Å². The zero-order chi connectivity index (χ0) is 16.9. The van der Waals surface area contributed by atoms with Gasteiger partial charge in [0.05, 0.1) is 16.8 Å². The third-order valence-electron chi connectivity index (χ3n) is 4.32. The number of carbonyl (C=O) groups excluding carboxylic acids is 1. The van der Waals surface area contributed by atoms with Crippen molar-refractivity contribution in [2.45, 2.75) is 39.3 Å². The van der Waals surface area contributed by atoms with E-state index in [4.69, 9.17) is 9.26 Å². The summed E-state index contributed by atoms with van der Waals surface area (Å²) in [4.78, 5) is 12.6. The smallest absolute Gasteiger partial charge is 0.255 e. The summed E-state index contributed by atoms with van der Waals surface area (Å²) in [6.07, 6.45) is 2.08. The first-order valence-corrected chi connectivity index (χ1v) is 8.30. The molecule has 0 unspecified atom stereocenters. The number of aryl methyl sites for hydroxylation is 2. The van der Waals surface area contributed by atoms with Gasteiger partial charge in [0.25, 0.3) is 5.91 Å². The lowest BCUT2D eigenvalue weighted by Crippen LogP contribution is -2.45. The molecule has 0 saturated carbocycles.